The Balaban J connectivity index is 2.38. The zero-order chi connectivity index (χ0) is 21.1. The van der Waals surface area contributed by atoms with Gasteiger partial charge in [0.25, 0.3) is 21.6 Å². The van der Waals surface area contributed by atoms with Gasteiger partial charge in [0, 0.05) is 6.07 Å². The van der Waals surface area contributed by atoms with E-state index in [1.165, 1.54) is 31.2 Å². The summed E-state index contributed by atoms with van der Waals surface area (Å²) in [6.07, 6.45) is -1.23. The first-order valence-electron chi connectivity index (χ1n) is 7.59. The van der Waals surface area contributed by atoms with E-state index in [9.17, 15) is 28.1 Å². The van der Waals surface area contributed by atoms with E-state index < -0.39 is 43.5 Å². The number of ether oxygens (including phenoxy) is 1. The van der Waals surface area contributed by atoms with Gasteiger partial charge < -0.3 is 10.5 Å². The van der Waals surface area contributed by atoms with Gasteiger partial charge in [-0.15, -0.1) is 0 Å². The highest BCUT2D eigenvalue weighted by atomic mass is 35.5. The van der Waals surface area contributed by atoms with Gasteiger partial charge in [-0.1, -0.05) is 23.7 Å². The van der Waals surface area contributed by atoms with E-state index in [0.29, 0.717) is 0 Å². The summed E-state index contributed by atoms with van der Waals surface area (Å²) in [6.45, 7) is 1.26. The van der Waals surface area contributed by atoms with E-state index in [2.05, 4.69) is 4.72 Å². The van der Waals surface area contributed by atoms with Crippen LogP contribution in [0.4, 0.5) is 11.4 Å². The lowest BCUT2D eigenvalue weighted by Crippen LogP contribution is -2.30. The van der Waals surface area contributed by atoms with Crippen molar-refractivity contribution in [1.82, 2.24) is 0 Å². The molecule has 0 spiro atoms. The minimum Gasteiger partial charge on any atom is -0.449 e. The van der Waals surface area contributed by atoms with Gasteiger partial charge in [0.05, 0.1) is 21.1 Å². The number of hydrogen-bond acceptors (Lipinski definition) is 7. The molecule has 12 heteroatoms. The Labute approximate surface area is 164 Å². The predicted molar refractivity (Wildman–Crippen MR) is 99.4 cm³/mol. The van der Waals surface area contributed by atoms with E-state index in [4.69, 9.17) is 22.1 Å². The number of nitro groups is 1. The standard InChI is InChI=1S/C16H14ClN3O7S/c1-9(15(18)21)27-16(22)11-4-2-3-5-13(11)19-28(25,26)10-6-7-12(17)14(8-10)20(23)24/h2-9,19H,1H3,(H2,18,21). The number of carbonyl (C=O) groups excluding carboxylic acids is 2. The highest BCUT2D eigenvalue weighted by molar-refractivity contribution is 7.92. The summed E-state index contributed by atoms with van der Waals surface area (Å²) >= 11 is 5.69. The summed E-state index contributed by atoms with van der Waals surface area (Å²) in [5.74, 6) is -1.86. The largest absolute Gasteiger partial charge is 0.449 e. The van der Waals surface area contributed by atoms with Crippen molar-refractivity contribution >= 4 is 44.9 Å². The third-order valence-electron chi connectivity index (χ3n) is 3.50. The Kier molecular flexibility index (Phi) is 6.21. The molecule has 10 nitrogen and oxygen atoms in total. The van der Waals surface area contributed by atoms with Gasteiger partial charge in [-0.25, -0.2) is 13.2 Å². The van der Waals surface area contributed by atoms with Crippen LogP contribution in [0.3, 0.4) is 0 Å². The molecule has 0 radical (unpaired) electrons. The zero-order valence-electron chi connectivity index (χ0n) is 14.3. The van der Waals surface area contributed by atoms with E-state index in [-0.39, 0.29) is 16.3 Å². The number of halogens is 1. The highest BCUT2D eigenvalue weighted by Gasteiger charge is 2.24. The van der Waals surface area contributed by atoms with Gasteiger partial charge in [-0.2, -0.15) is 0 Å². The van der Waals surface area contributed by atoms with Crippen LogP contribution in [0.2, 0.25) is 5.02 Å². The predicted octanol–water partition coefficient (Wildman–Crippen LogP) is 2.08. The van der Waals surface area contributed by atoms with Crippen LogP contribution in [0.15, 0.2) is 47.4 Å². The van der Waals surface area contributed by atoms with Gasteiger partial charge >= 0.3 is 5.97 Å². The second-order valence-electron chi connectivity index (χ2n) is 5.47. The number of esters is 1. The summed E-state index contributed by atoms with van der Waals surface area (Å²) in [5, 5.41) is 10.7. The van der Waals surface area contributed by atoms with Crippen LogP contribution in [0.1, 0.15) is 17.3 Å². The number of nitro benzene ring substituents is 1. The van der Waals surface area contributed by atoms with E-state index in [0.717, 1.165) is 18.2 Å². The molecule has 2 aromatic carbocycles. The quantitative estimate of drug-likeness (QED) is 0.388. The SMILES string of the molecule is CC(OC(=O)c1ccccc1NS(=O)(=O)c1ccc(Cl)c([N+](=O)[O-])c1)C(N)=O. The molecule has 2 rings (SSSR count). The van der Waals surface area contributed by atoms with E-state index in [1.54, 1.807) is 0 Å². The number of anilines is 1. The molecule has 2 aromatic rings. The smallest absolute Gasteiger partial charge is 0.341 e. The summed E-state index contributed by atoms with van der Waals surface area (Å²) < 4.78 is 32.2. The molecule has 28 heavy (non-hydrogen) atoms. The number of rotatable bonds is 7. The van der Waals surface area contributed by atoms with Crippen molar-refractivity contribution in [2.75, 3.05) is 4.72 Å². The number of para-hydroxylation sites is 1. The van der Waals surface area contributed by atoms with E-state index >= 15 is 0 Å². The molecule has 0 aliphatic carbocycles. The van der Waals surface area contributed by atoms with Crippen LogP contribution < -0.4 is 10.5 Å². The third-order valence-corrected chi connectivity index (χ3v) is 5.18. The lowest BCUT2D eigenvalue weighted by atomic mass is 10.2. The average molecular weight is 428 g/mol. The topological polar surface area (TPSA) is 159 Å². The molecular formula is C16H14ClN3O7S. The number of benzene rings is 2. The van der Waals surface area contributed by atoms with Gasteiger partial charge in [0.2, 0.25) is 0 Å². The molecule has 1 atom stereocenters. The maximum atomic E-state index is 12.6. The molecule has 0 saturated carbocycles. The first kappa shape index (κ1) is 21.1. The monoisotopic (exact) mass is 427 g/mol. The Hall–Kier alpha value is -3.18. The fourth-order valence-electron chi connectivity index (χ4n) is 2.04. The number of carbonyl (C=O) groups is 2. The van der Waals surface area contributed by atoms with Crippen molar-refractivity contribution in [3.63, 3.8) is 0 Å². The minimum atomic E-state index is -4.30. The molecule has 0 aliphatic rings. The lowest BCUT2D eigenvalue weighted by molar-refractivity contribution is -0.384. The van der Waals surface area contributed by atoms with Crippen LogP contribution in [-0.4, -0.2) is 31.3 Å². The second kappa shape index (κ2) is 8.23. The molecule has 0 bridgehead atoms. The normalized spacial score (nSPS) is 12.1. The molecule has 1 unspecified atom stereocenters. The fourth-order valence-corrected chi connectivity index (χ4v) is 3.32. The van der Waals surface area contributed by atoms with Crippen LogP contribution in [0, 0.1) is 10.1 Å². The van der Waals surface area contributed by atoms with Crippen molar-refractivity contribution in [2.45, 2.75) is 17.9 Å². The minimum absolute atomic E-state index is 0.151. The van der Waals surface area contributed by atoms with Crippen molar-refractivity contribution < 1.29 is 27.7 Å². The van der Waals surface area contributed by atoms with Crippen molar-refractivity contribution in [3.05, 3.63) is 63.2 Å². The highest BCUT2D eigenvalue weighted by Crippen LogP contribution is 2.28. The van der Waals surface area contributed by atoms with Crippen molar-refractivity contribution in [2.24, 2.45) is 5.73 Å². The molecule has 0 fully saturated rings. The zero-order valence-corrected chi connectivity index (χ0v) is 15.9. The average Bonchev–Trinajstić information content (AvgIpc) is 2.61. The second-order valence-corrected chi connectivity index (χ2v) is 7.56. The summed E-state index contributed by atoms with van der Waals surface area (Å²) in [7, 11) is -4.30. The molecule has 0 aliphatic heterocycles. The number of amides is 1. The Morgan fingerprint density at radius 3 is 2.50 bits per heavy atom. The number of nitrogens with zero attached hydrogens (tertiary/aromatic N) is 1. The van der Waals surface area contributed by atoms with Crippen LogP contribution in [0.25, 0.3) is 0 Å². The number of hydrogen-bond donors (Lipinski definition) is 2. The summed E-state index contributed by atoms with van der Waals surface area (Å²) in [5.41, 5.74) is 4.12. The summed E-state index contributed by atoms with van der Waals surface area (Å²) in [4.78, 5) is 33.0. The molecule has 1 amide bonds. The van der Waals surface area contributed by atoms with Gasteiger partial charge in [-0.05, 0) is 31.2 Å². The Morgan fingerprint density at radius 2 is 1.89 bits per heavy atom. The van der Waals surface area contributed by atoms with E-state index in [1.807, 2.05) is 0 Å². The number of sulfonamides is 1. The molecule has 3 N–H and O–H groups in total. The number of nitrogens with two attached hydrogens (primary N) is 1. The number of nitrogens with one attached hydrogen (secondary N) is 1. The first-order valence-corrected chi connectivity index (χ1v) is 9.45. The fraction of sp³-hybridized carbons (Fsp3) is 0.125. The van der Waals surface area contributed by atoms with Crippen molar-refractivity contribution in [3.8, 4) is 0 Å². The molecule has 0 heterocycles. The molecular weight excluding hydrogens is 414 g/mol. The number of primary amides is 1. The van der Waals surface area contributed by atoms with Gasteiger partial charge in [-0.3, -0.25) is 19.6 Å². The maximum absolute atomic E-state index is 12.6. The molecule has 148 valence electrons. The van der Waals surface area contributed by atoms with Crippen molar-refractivity contribution in [1.29, 1.82) is 0 Å². The lowest BCUT2D eigenvalue weighted by Gasteiger charge is -2.14. The van der Waals surface area contributed by atoms with Gasteiger partial charge in [0.1, 0.15) is 5.02 Å². The first-order chi connectivity index (χ1) is 13.0. The Morgan fingerprint density at radius 1 is 1.25 bits per heavy atom. The third kappa shape index (κ3) is 4.75. The van der Waals surface area contributed by atoms with Crippen LogP contribution in [0.5, 0.6) is 0 Å². The Bertz CT molecular complexity index is 1060. The molecule has 0 saturated heterocycles. The maximum Gasteiger partial charge on any atom is 0.341 e. The van der Waals surface area contributed by atoms with Crippen LogP contribution >= 0.6 is 11.6 Å². The van der Waals surface area contributed by atoms with Crippen LogP contribution in [-0.2, 0) is 19.6 Å². The molecule has 0 aromatic heterocycles. The summed E-state index contributed by atoms with van der Waals surface area (Å²) in [6, 6.07) is 8.41. The van der Waals surface area contributed by atoms with Gasteiger partial charge in [0.15, 0.2) is 6.10 Å².